The summed E-state index contributed by atoms with van der Waals surface area (Å²) in [4.78, 5) is 8.43. The van der Waals surface area contributed by atoms with Crippen molar-refractivity contribution in [2.45, 2.75) is 4.90 Å². The maximum atomic E-state index is 12.8. The number of pyridine rings is 2. The molecule has 0 aliphatic rings. The van der Waals surface area contributed by atoms with E-state index in [4.69, 9.17) is 4.18 Å². The lowest BCUT2D eigenvalue weighted by Crippen LogP contribution is -2.11. The van der Waals surface area contributed by atoms with Crippen LogP contribution in [0.4, 0.5) is 0 Å². The minimum atomic E-state index is -4.03. The van der Waals surface area contributed by atoms with Gasteiger partial charge in [0.2, 0.25) is 0 Å². The van der Waals surface area contributed by atoms with Gasteiger partial charge < -0.3 is 4.18 Å². The van der Waals surface area contributed by atoms with Gasteiger partial charge in [-0.1, -0.05) is 36.4 Å². The molecule has 2 heterocycles. The fourth-order valence-corrected chi connectivity index (χ4v) is 3.70. The van der Waals surface area contributed by atoms with Gasteiger partial charge in [-0.2, -0.15) is 8.42 Å². The van der Waals surface area contributed by atoms with Crippen molar-refractivity contribution in [3.05, 3.63) is 73.1 Å². The highest BCUT2D eigenvalue weighted by Crippen LogP contribution is 2.28. The Morgan fingerprint density at radius 1 is 0.708 bits per heavy atom. The molecule has 2 aromatic heterocycles. The molecule has 0 N–H and O–H groups in total. The fraction of sp³-hybridized carbons (Fsp3) is 0. The Hall–Kier alpha value is -2.99. The Kier molecular flexibility index (Phi) is 3.39. The monoisotopic (exact) mass is 336 g/mol. The van der Waals surface area contributed by atoms with Crippen LogP contribution in [0.5, 0.6) is 5.75 Å². The first-order valence-corrected chi connectivity index (χ1v) is 8.68. The smallest absolute Gasteiger partial charge is 0.341 e. The molecule has 0 spiro atoms. The third-order valence-corrected chi connectivity index (χ3v) is 4.93. The second kappa shape index (κ2) is 5.58. The van der Waals surface area contributed by atoms with Crippen molar-refractivity contribution >= 4 is 31.9 Å². The summed E-state index contributed by atoms with van der Waals surface area (Å²) in [6.45, 7) is 0. The van der Waals surface area contributed by atoms with E-state index in [9.17, 15) is 8.42 Å². The van der Waals surface area contributed by atoms with Crippen LogP contribution >= 0.6 is 0 Å². The zero-order valence-electron chi connectivity index (χ0n) is 12.5. The topological polar surface area (TPSA) is 69.2 Å². The Bertz CT molecular complexity index is 1150. The van der Waals surface area contributed by atoms with Crippen LogP contribution < -0.4 is 4.18 Å². The van der Waals surface area contributed by atoms with Gasteiger partial charge in [-0.05, 0) is 24.3 Å². The van der Waals surface area contributed by atoms with Crippen molar-refractivity contribution in [3.63, 3.8) is 0 Å². The summed E-state index contributed by atoms with van der Waals surface area (Å²) < 4.78 is 30.9. The number of fused-ring (bicyclic) bond motifs is 2. The molecule has 24 heavy (non-hydrogen) atoms. The van der Waals surface area contributed by atoms with Gasteiger partial charge in [0, 0.05) is 23.2 Å². The molecule has 0 fully saturated rings. The number of aromatic nitrogens is 2. The van der Waals surface area contributed by atoms with Crippen LogP contribution in [-0.4, -0.2) is 18.4 Å². The largest absolute Gasteiger partial charge is 0.377 e. The van der Waals surface area contributed by atoms with Crippen LogP contribution in [0.3, 0.4) is 0 Å². The molecule has 0 saturated heterocycles. The summed E-state index contributed by atoms with van der Waals surface area (Å²) in [6.07, 6.45) is 3.15. The molecule has 0 unspecified atom stereocenters. The van der Waals surface area contributed by atoms with E-state index >= 15 is 0 Å². The number of hydrogen-bond donors (Lipinski definition) is 0. The molecule has 0 aliphatic heterocycles. The van der Waals surface area contributed by atoms with Gasteiger partial charge in [0.25, 0.3) is 0 Å². The summed E-state index contributed by atoms with van der Waals surface area (Å²) in [7, 11) is -4.03. The standard InChI is InChI=1S/C18H12N2O3S/c21-24(22,16-10-2-6-14-8-4-12-20-18(14)16)23-15-9-1-5-13-7-3-11-19-17(13)15/h1-12H. The van der Waals surface area contributed by atoms with Crippen LogP contribution in [-0.2, 0) is 10.1 Å². The summed E-state index contributed by atoms with van der Waals surface area (Å²) in [5.41, 5.74) is 0.880. The lowest BCUT2D eigenvalue weighted by atomic mass is 10.2. The maximum absolute atomic E-state index is 12.8. The molecule has 6 heteroatoms. The van der Waals surface area contributed by atoms with Crippen LogP contribution in [0.15, 0.2) is 78.0 Å². The maximum Gasteiger partial charge on any atom is 0.341 e. The molecule has 4 rings (SSSR count). The number of rotatable bonds is 3. The molecule has 4 aromatic rings. The average molecular weight is 336 g/mol. The highest BCUT2D eigenvalue weighted by molar-refractivity contribution is 7.87. The van der Waals surface area contributed by atoms with Gasteiger partial charge in [0.05, 0.1) is 5.52 Å². The lowest BCUT2D eigenvalue weighted by molar-refractivity contribution is 0.489. The second-order valence-corrected chi connectivity index (χ2v) is 6.71. The number of para-hydroxylation sites is 2. The van der Waals surface area contributed by atoms with Gasteiger partial charge in [-0.3, -0.25) is 9.97 Å². The summed E-state index contributed by atoms with van der Waals surface area (Å²) in [5.74, 6) is 0.195. The third-order valence-electron chi connectivity index (χ3n) is 3.66. The van der Waals surface area contributed by atoms with E-state index in [1.807, 2.05) is 12.1 Å². The molecule has 2 aromatic carbocycles. The van der Waals surface area contributed by atoms with Gasteiger partial charge in [0.15, 0.2) is 5.75 Å². The lowest BCUT2D eigenvalue weighted by Gasteiger charge is -2.10. The molecular formula is C18H12N2O3S. The normalized spacial score (nSPS) is 11.7. The highest BCUT2D eigenvalue weighted by Gasteiger charge is 2.21. The van der Waals surface area contributed by atoms with Crippen LogP contribution in [0.25, 0.3) is 21.8 Å². The zero-order chi connectivity index (χ0) is 16.6. The van der Waals surface area contributed by atoms with Crippen molar-refractivity contribution < 1.29 is 12.6 Å². The molecule has 0 radical (unpaired) electrons. The van der Waals surface area contributed by atoms with Crippen LogP contribution in [0.2, 0.25) is 0 Å². The molecule has 0 atom stereocenters. The highest BCUT2D eigenvalue weighted by atomic mass is 32.2. The van der Waals surface area contributed by atoms with Gasteiger partial charge >= 0.3 is 10.1 Å². The minimum Gasteiger partial charge on any atom is -0.377 e. The van der Waals surface area contributed by atoms with E-state index in [0.29, 0.717) is 11.0 Å². The van der Waals surface area contributed by atoms with E-state index in [0.717, 1.165) is 10.8 Å². The second-order valence-electron chi connectivity index (χ2n) is 5.20. The van der Waals surface area contributed by atoms with E-state index < -0.39 is 10.1 Å². The Labute approximate surface area is 138 Å². The van der Waals surface area contributed by atoms with Crippen molar-refractivity contribution in [1.82, 2.24) is 9.97 Å². The Balaban J connectivity index is 1.86. The predicted octanol–water partition coefficient (Wildman–Crippen LogP) is 3.55. The summed E-state index contributed by atoms with van der Waals surface area (Å²) >= 11 is 0. The van der Waals surface area contributed by atoms with E-state index in [2.05, 4.69) is 9.97 Å². The molecule has 0 aliphatic carbocycles. The van der Waals surface area contributed by atoms with Crippen molar-refractivity contribution in [2.24, 2.45) is 0 Å². The molecule has 0 saturated carbocycles. The predicted molar refractivity (Wildman–Crippen MR) is 91.3 cm³/mol. The minimum absolute atomic E-state index is 0.0357. The van der Waals surface area contributed by atoms with E-state index in [1.54, 1.807) is 54.9 Å². The summed E-state index contributed by atoms with van der Waals surface area (Å²) in [6, 6.07) is 17.3. The molecule has 0 bridgehead atoms. The van der Waals surface area contributed by atoms with Crippen molar-refractivity contribution in [3.8, 4) is 5.75 Å². The van der Waals surface area contributed by atoms with Gasteiger partial charge in [0.1, 0.15) is 10.4 Å². The number of hydrogen-bond acceptors (Lipinski definition) is 5. The third kappa shape index (κ3) is 2.47. The van der Waals surface area contributed by atoms with Crippen molar-refractivity contribution in [2.75, 3.05) is 0 Å². The number of benzene rings is 2. The SMILES string of the molecule is O=S(=O)(Oc1cccc2cccnc12)c1cccc2cccnc12. The summed E-state index contributed by atoms with van der Waals surface area (Å²) in [5, 5.41) is 1.54. The first-order valence-electron chi connectivity index (χ1n) is 7.27. The number of nitrogens with zero attached hydrogens (tertiary/aromatic N) is 2. The van der Waals surface area contributed by atoms with Crippen LogP contribution in [0, 0.1) is 0 Å². The average Bonchev–Trinajstić information content (AvgIpc) is 2.61. The molecule has 0 amide bonds. The quantitative estimate of drug-likeness (QED) is 0.535. The van der Waals surface area contributed by atoms with Crippen molar-refractivity contribution in [1.29, 1.82) is 0 Å². The Morgan fingerprint density at radius 3 is 2.04 bits per heavy atom. The van der Waals surface area contributed by atoms with Crippen LogP contribution in [0.1, 0.15) is 0 Å². The molecule has 118 valence electrons. The Morgan fingerprint density at radius 2 is 1.29 bits per heavy atom. The molecule has 5 nitrogen and oxygen atoms in total. The zero-order valence-corrected chi connectivity index (χ0v) is 13.3. The fourth-order valence-electron chi connectivity index (χ4n) is 2.58. The van der Waals surface area contributed by atoms with E-state index in [-0.39, 0.29) is 10.6 Å². The van der Waals surface area contributed by atoms with E-state index in [1.165, 1.54) is 6.07 Å². The van der Waals surface area contributed by atoms with Gasteiger partial charge in [-0.15, -0.1) is 0 Å². The molecular weight excluding hydrogens is 324 g/mol. The first kappa shape index (κ1) is 14.6. The van der Waals surface area contributed by atoms with Gasteiger partial charge in [-0.25, -0.2) is 0 Å². The first-order chi connectivity index (χ1) is 11.6.